The van der Waals surface area contributed by atoms with Crippen molar-refractivity contribution in [2.75, 3.05) is 14.2 Å². The quantitative estimate of drug-likeness (QED) is 0.828. The summed E-state index contributed by atoms with van der Waals surface area (Å²) in [7, 11) is 3.27. The van der Waals surface area contributed by atoms with E-state index in [4.69, 9.17) is 9.47 Å². The Bertz CT molecular complexity index is 411. The molecule has 2 rings (SSSR count). The van der Waals surface area contributed by atoms with Crippen molar-refractivity contribution in [3.8, 4) is 11.5 Å². The van der Waals surface area contributed by atoms with E-state index in [1.165, 1.54) is 25.7 Å². The van der Waals surface area contributed by atoms with E-state index in [1.807, 2.05) is 18.2 Å². The average Bonchev–Trinajstić information content (AvgIpc) is 2.98. The van der Waals surface area contributed by atoms with Gasteiger partial charge in [-0.15, -0.1) is 0 Å². The van der Waals surface area contributed by atoms with Gasteiger partial charge in [0.05, 0.1) is 20.3 Å². The molecule has 3 heteroatoms. The molecule has 112 valence electrons. The molecule has 0 bridgehead atoms. The second-order valence-electron chi connectivity index (χ2n) is 5.78. The van der Waals surface area contributed by atoms with Crippen molar-refractivity contribution in [2.45, 2.75) is 51.0 Å². The Kier molecular flexibility index (Phi) is 5.72. The zero-order chi connectivity index (χ0) is 14.4. The Morgan fingerprint density at radius 2 is 1.85 bits per heavy atom. The summed E-state index contributed by atoms with van der Waals surface area (Å²) in [5.74, 6) is 2.31. The third kappa shape index (κ3) is 4.14. The summed E-state index contributed by atoms with van der Waals surface area (Å²) in [6.45, 7) is 0. The number of methoxy groups -OCH3 is 2. The molecule has 1 saturated carbocycles. The van der Waals surface area contributed by atoms with Gasteiger partial charge in [0.2, 0.25) is 0 Å². The molecule has 1 unspecified atom stereocenters. The van der Waals surface area contributed by atoms with Gasteiger partial charge in [0, 0.05) is 0 Å². The van der Waals surface area contributed by atoms with E-state index in [1.54, 1.807) is 14.2 Å². The van der Waals surface area contributed by atoms with E-state index in [9.17, 15) is 5.11 Å². The lowest BCUT2D eigenvalue weighted by atomic mass is 9.96. The van der Waals surface area contributed by atoms with E-state index >= 15 is 0 Å². The van der Waals surface area contributed by atoms with Gasteiger partial charge >= 0.3 is 0 Å². The highest BCUT2D eigenvalue weighted by Gasteiger charge is 2.17. The lowest BCUT2D eigenvalue weighted by Gasteiger charge is -2.15. The molecule has 0 saturated heterocycles. The van der Waals surface area contributed by atoms with Crippen LogP contribution in [-0.2, 0) is 6.42 Å². The van der Waals surface area contributed by atoms with Gasteiger partial charge in [-0.25, -0.2) is 0 Å². The van der Waals surface area contributed by atoms with E-state index in [-0.39, 0.29) is 6.10 Å². The molecular formula is C17H26O3. The normalized spacial score (nSPS) is 17.1. The maximum absolute atomic E-state index is 10.2. The fourth-order valence-corrected chi connectivity index (χ4v) is 3.11. The molecule has 0 heterocycles. The van der Waals surface area contributed by atoms with Gasteiger partial charge in [0.1, 0.15) is 0 Å². The highest BCUT2D eigenvalue weighted by atomic mass is 16.5. The van der Waals surface area contributed by atoms with E-state index in [0.717, 1.165) is 35.8 Å². The average molecular weight is 278 g/mol. The van der Waals surface area contributed by atoms with Crippen molar-refractivity contribution < 1.29 is 14.6 Å². The van der Waals surface area contributed by atoms with Crippen LogP contribution in [0.2, 0.25) is 0 Å². The Hall–Kier alpha value is -1.22. The van der Waals surface area contributed by atoms with Crippen molar-refractivity contribution in [3.63, 3.8) is 0 Å². The highest BCUT2D eigenvalue weighted by Crippen LogP contribution is 2.30. The van der Waals surface area contributed by atoms with Crippen LogP contribution in [0.4, 0.5) is 0 Å². The van der Waals surface area contributed by atoms with Gasteiger partial charge in [-0.2, -0.15) is 0 Å². The number of aliphatic hydroxyl groups is 1. The third-order valence-electron chi connectivity index (χ3n) is 4.30. The molecular weight excluding hydrogens is 252 g/mol. The van der Waals surface area contributed by atoms with Crippen LogP contribution in [0.25, 0.3) is 0 Å². The Balaban J connectivity index is 1.85. The monoisotopic (exact) mass is 278 g/mol. The summed E-state index contributed by atoms with van der Waals surface area (Å²) < 4.78 is 10.5. The van der Waals surface area contributed by atoms with Crippen LogP contribution in [0.5, 0.6) is 11.5 Å². The van der Waals surface area contributed by atoms with E-state index in [2.05, 4.69) is 0 Å². The number of hydrogen-bond donors (Lipinski definition) is 1. The standard InChI is InChI=1S/C17H26O3/c1-19-16-10-8-14(12-17(16)20-2)11-15(18)9-7-13-5-3-4-6-13/h8,10,12-13,15,18H,3-7,9,11H2,1-2H3. The summed E-state index contributed by atoms with van der Waals surface area (Å²) in [6.07, 6.45) is 7.94. The fraction of sp³-hybridized carbons (Fsp3) is 0.647. The summed E-state index contributed by atoms with van der Waals surface area (Å²) in [4.78, 5) is 0. The number of hydrogen-bond acceptors (Lipinski definition) is 3. The maximum Gasteiger partial charge on any atom is 0.160 e. The lowest BCUT2D eigenvalue weighted by Crippen LogP contribution is -2.12. The number of aliphatic hydroxyl groups excluding tert-OH is 1. The largest absolute Gasteiger partial charge is 0.493 e. The minimum Gasteiger partial charge on any atom is -0.493 e. The Morgan fingerprint density at radius 1 is 1.15 bits per heavy atom. The second kappa shape index (κ2) is 7.53. The van der Waals surface area contributed by atoms with Crippen LogP contribution in [-0.4, -0.2) is 25.4 Å². The van der Waals surface area contributed by atoms with Crippen molar-refractivity contribution in [1.82, 2.24) is 0 Å². The van der Waals surface area contributed by atoms with Crippen LogP contribution in [0.1, 0.15) is 44.1 Å². The predicted octanol–water partition coefficient (Wildman–Crippen LogP) is 3.58. The van der Waals surface area contributed by atoms with Crippen LogP contribution >= 0.6 is 0 Å². The maximum atomic E-state index is 10.2. The van der Waals surface area contributed by atoms with E-state index < -0.39 is 0 Å². The van der Waals surface area contributed by atoms with Crippen LogP contribution in [0.3, 0.4) is 0 Å². The van der Waals surface area contributed by atoms with Gasteiger partial charge in [-0.05, 0) is 42.9 Å². The summed E-state index contributed by atoms with van der Waals surface area (Å²) >= 11 is 0. The van der Waals surface area contributed by atoms with Crippen molar-refractivity contribution in [1.29, 1.82) is 0 Å². The van der Waals surface area contributed by atoms with Gasteiger partial charge in [0.25, 0.3) is 0 Å². The molecule has 1 aromatic rings. The van der Waals surface area contributed by atoms with Gasteiger partial charge in [-0.1, -0.05) is 31.7 Å². The fourth-order valence-electron chi connectivity index (χ4n) is 3.11. The predicted molar refractivity (Wildman–Crippen MR) is 80.4 cm³/mol. The second-order valence-corrected chi connectivity index (χ2v) is 5.78. The first kappa shape index (κ1) is 15.2. The SMILES string of the molecule is COc1ccc(CC(O)CCC2CCCC2)cc1OC. The molecule has 3 nitrogen and oxygen atoms in total. The smallest absolute Gasteiger partial charge is 0.160 e. The van der Waals surface area contributed by atoms with Crippen LogP contribution < -0.4 is 9.47 Å². The molecule has 0 radical (unpaired) electrons. The molecule has 1 aliphatic rings. The molecule has 1 fully saturated rings. The van der Waals surface area contributed by atoms with Gasteiger partial charge in [-0.3, -0.25) is 0 Å². The lowest BCUT2D eigenvalue weighted by molar-refractivity contribution is 0.154. The Labute approximate surface area is 121 Å². The van der Waals surface area contributed by atoms with Crippen molar-refractivity contribution >= 4 is 0 Å². The number of rotatable bonds is 7. The number of benzene rings is 1. The van der Waals surface area contributed by atoms with Crippen LogP contribution in [0, 0.1) is 5.92 Å². The first-order valence-corrected chi connectivity index (χ1v) is 7.62. The van der Waals surface area contributed by atoms with Gasteiger partial charge < -0.3 is 14.6 Å². The molecule has 0 amide bonds. The molecule has 20 heavy (non-hydrogen) atoms. The summed E-state index contributed by atoms with van der Waals surface area (Å²) in [6, 6.07) is 5.86. The minimum absolute atomic E-state index is 0.256. The van der Waals surface area contributed by atoms with Gasteiger partial charge in [0.15, 0.2) is 11.5 Å². The summed E-state index contributed by atoms with van der Waals surface area (Å²) in [5.41, 5.74) is 1.10. The molecule has 0 aliphatic heterocycles. The zero-order valence-corrected chi connectivity index (χ0v) is 12.6. The van der Waals surface area contributed by atoms with Crippen molar-refractivity contribution in [2.24, 2.45) is 5.92 Å². The zero-order valence-electron chi connectivity index (χ0n) is 12.6. The van der Waals surface area contributed by atoms with Crippen molar-refractivity contribution in [3.05, 3.63) is 23.8 Å². The molecule has 0 spiro atoms. The number of ether oxygens (including phenoxy) is 2. The topological polar surface area (TPSA) is 38.7 Å². The summed E-state index contributed by atoms with van der Waals surface area (Å²) in [5, 5.41) is 10.2. The first-order valence-electron chi connectivity index (χ1n) is 7.62. The minimum atomic E-state index is -0.256. The molecule has 1 N–H and O–H groups in total. The molecule has 1 aromatic carbocycles. The molecule has 0 aromatic heterocycles. The van der Waals surface area contributed by atoms with Crippen LogP contribution in [0.15, 0.2) is 18.2 Å². The molecule has 1 aliphatic carbocycles. The third-order valence-corrected chi connectivity index (χ3v) is 4.30. The highest BCUT2D eigenvalue weighted by molar-refractivity contribution is 5.43. The van der Waals surface area contributed by atoms with E-state index in [0.29, 0.717) is 6.42 Å². The molecule has 1 atom stereocenters. The first-order chi connectivity index (χ1) is 9.72. The Morgan fingerprint density at radius 3 is 2.50 bits per heavy atom.